The zero-order valence-corrected chi connectivity index (χ0v) is 15.6. The maximum Gasteiger partial charge on any atom is 0.307 e. The number of allylic oxidation sites excluding steroid dienone is 1. The van der Waals surface area contributed by atoms with Crippen LogP contribution in [0.5, 0.6) is 0 Å². The van der Waals surface area contributed by atoms with Crippen molar-refractivity contribution in [2.75, 3.05) is 19.7 Å². The Labute approximate surface area is 154 Å². The molecule has 25 heavy (non-hydrogen) atoms. The number of benzene rings is 1. The monoisotopic (exact) mass is 363 g/mol. The van der Waals surface area contributed by atoms with Gasteiger partial charge >= 0.3 is 5.97 Å². The fraction of sp³-hybridized carbons (Fsp3) is 0.500. The molecule has 0 radical (unpaired) electrons. The van der Waals surface area contributed by atoms with Crippen molar-refractivity contribution in [3.63, 3.8) is 0 Å². The van der Waals surface area contributed by atoms with Crippen LogP contribution in [-0.2, 0) is 9.53 Å². The predicted molar refractivity (Wildman–Crippen MR) is 99.8 cm³/mol. The van der Waals surface area contributed by atoms with Crippen LogP contribution in [0, 0.1) is 0 Å². The van der Waals surface area contributed by atoms with E-state index in [0.29, 0.717) is 30.3 Å². The molecule has 0 fully saturated rings. The minimum atomic E-state index is -0.281. The highest BCUT2D eigenvalue weighted by molar-refractivity contribution is 6.33. The van der Waals surface area contributed by atoms with E-state index in [1.165, 1.54) is 18.4 Å². The average Bonchev–Trinajstić information content (AvgIpc) is 2.63. The average molecular weight is 364 g/mol. The quantitative estimate of drug-likeness (QED) is 0.500. The molecule has 0 aliphatic heterocycles. The highest BCUT2D eigenvalue weighted by Crippen LogP contribution is 2.22. The molecule has 136 valence electrons. The van der Waals surface area contributed by atoms with Crippen molar-refractivity contribution in [1.82, 2.24) is 4.90 Å². The topological polar surface area (TPSA) is 46.6 Å². The predicted octanol–water partition coefficient (Wildman–Crippen LogP) is 4.63. The molecule has 2 rings (SSSR count). The van der Waals surface area contributed by atoms with Gasteiger partial charge in [0.2, 0.25) is 0 Å². The maximum absolute atomic E-state index is 12.9. The SMILES string of the molecule is CCOC(=O)CCN(CCC1=CCCCC1)C(=O)c1ccccc1Cl. The van der Waals surface area contributed by atoms with Gasteiger partial charge in [0.15, 0.2) is 0 Å². The van der Waals surface area contributed by atoms with Gasteiger partial charge < -0.3 is 9.64 Å². The van der Waals surface area contributed by atoms with Crippen LogP contribution in [0.25, 0.3) is 0 Å². The number of rotatable bonds is 8. The minimum absolute atomic E-state index is 0.133. The summed E-state index contributed by atoms with van der Waals surface area (Å²) in [5, 5.41) is 0.436. The molecule has 1 aliphatic rings. The Morgan fingerprint density at radius 2 is 2.00 bits per heavy atom. The summed E-state index contributed by atoms with van der Waals surface area (Å²) in [4.78, 5) is 26.3. The normalized spacial score (nSPS) is 13.9. The van der Waals surface area contributed by atoms with Crippen molar-refractivity contribution in [2.45, 2.75) is 45.4 Å². The first kappa shape index (κ1) is 19.5. The van der Waals surface area contributed by atoms with E-state index in [4.69, 9.17) is 16.3 Å². The first-order valence-electron chi connectivity index (χ1n) is 8.99. The Morgan fingerprint density at radius 3 is 2.68 bits per heavy atom. The van der Waals surface area contributed by atoms with Crippen molar-refractivity contribution >= 4 is 23.5 Å². The first-order valence-corrected chi connectivity index (χ1v) is 9.37. The number of halogens is 1. The lowest BCUT2D eigenvalue weighted by atomic mass is 9.97. The number of hydrogen-bond donors (Lipinski definition) is 0. The van der Waals surface area contributed by atoms with E-state index in [9.17, 15) is 9.59 Å². The lowest BCUT2D eigenvalue weighted by Crippen LogP contribution is -2.34. The minimum Gasteiger partial charge on any atom is -0.466 e. The number of ether oxygens (including phenoxy) is 1. The molecule has 0 atom stereocenters. The standard InChI is InChI=1S/C20H26ClNO3/c1-2-25-19(23)13-15-22(14-12-16-8-4-3-5-9-16)20(24)17-10-6-7-11-18(17)21/h6-8,10-11H,2-5,9,12-15H2,1H3. The third kappa shape index (κ3) is 6.20. The zero-order chi connectivity index (χ0) is 18.1. The van der Waals surface area contributed by atoms with E-state index >= 15 is 0 Å². The highest BCUT2D eigenvalue weighted by atomic mass is 35.5. The summed E-state index contributed by atoms with van der Waals surface area (Å²) < 4.78 is 4.98. The van der Waals surface area contributed by atoms with Gasteiger partial charge in [0.05, 0.1) is 23.6 Å². The molecule has 0 N–H and O–H groups in total. The van der Waals surface area contributed by atoms with Crippen molar-refractivity contribution in [1.29, 1.82) is 0 Å². The van der Waals surface area contributed by atoms with E-state index in [2.05, 4.69) is 6.08 Å². The zero-order valence-electron chi connectivity index (χ0n) is 14.8. The summed E-state index contributed by atoms with van der Waals surface area (Å²) in [7, 11) is 0. The van der Waals surface area contributed by atoms with Gasteiger partial charge in [-0.25, -0.2) is 0 Å². The molecule has 4 nitrogen and oxygen atoms in total. The maximum atomic E-state index is 12.9. The number of amides is 1. The van der Waals surface area contributed by atoms with Crippen molar-refractivity contribution in [3.8, 4) is 0 Å². The van der Waals surface area contributed by atoms with Crippen LogP contribution in [-0.4, -0.2) is 36.5 Å². The van der Waals surface area contributed by atoms with Crippen molar-refractivity contribution < 1.29 is 14.3 Å². The van der Waals surface area contributed by atoms with Gasteiger partial charge in [0, 0.05) is 13.1 Å². The Hall–Kier alpha value is -1.81. The van der Waals surface area contributed by atoms with E-state index in [1.807, 2.05) is 0 Å². The second kappa shape index (κ2) is 10.2. The van der Waals surface area contributed by atoms with Crippen LogP contribution in [0.3, 0.4) is 0 Å². The molecule has 0 spiro atoms. The van der Waals surface area contributed by atoms with Gasteiger partial charge in [0.25, 0.3) is 5.91 Å². The lowest BCUT2D eigenvalue weighted by molar-refractivity contribution is -0.143. The van der Waals surface area contributed by atoms with Crippen LogP contribution in [0.1, 0.15) is 55.8 Å². The van der Waals surface area contributed by atoms with E-state index in [1.54, 1.807) is 36.1 Å². The molecule has 0 unspecified atom stereocenters. The fourth-order valence-electron chi connectivity index (χ4n) is 2.99. The molecular weight excluding hydrogens is 338 g/mol. The second-order valence-electron chi connectivity index (χ2n) is 6.19. The van der Waals surface area contributed by atoms with E-state index in [-0.39, 0.29) is 18.3 Å². The summed E-state index contributed by atoms with van der Waals surface area (Å²) in [6.07, 6.45) is 8.01. The summed E-state index contributed by atoms with van der Waals surface area (Å²) in [5.74, 6) is -0.414. The summed E-state index contributed by atoms with van der Waals surface area (Å²) in [5.41, 5.74) is 1.88. The van der Waals surface area contributed by atoms with Crippen LogP contribution >= 0.6 is 11.6 Å². The second-order valence-corrected chi connectivity index (χ2v) is 6.59. The molecule has 0 heterocycles. The Morgan fingerprint density at radius 1 is 1.20 bits per heavy atom. The summed E-state index contributed by atoms with van der Waals surface area (Å²) in [6, 6.07) is 7.03. The smallest absolute Gasteiger partial charge is 0.307 e. The molecule has 1 aromatic rings. The van der Waals surface area contributed by atoms with Gasteiger partial charge in [-0.1, -0.05) is 35.4 Å². The molecule has 0 aromatic heterocycles. The van der Waals surface area contributed by atoms with Gasteiger partial charge in [-0.15, -0.1) is 0 Å². The number of carbonyl (C=O) groups excluding carboxylic acids is 2. The largest absolute Gasteiger partial charge is 0.466 e. The molecular formula is C20H26ClNO3. The Bertz CT molecular complexity index is 627. The molecule has 5 heteroatoms. The Kier molecular flexibility index (Phi) is 7.99. The first-order chi connectivity index (χ1) is 12.1. The molecule has 0 saturated carbocycles. The summed E-state index contributed by atoms with van der Waals surface area (Å²) in [6.45, 7) is 3.07. The van der Waals surface area contributed by atoms with Crippen molar-refractivity contribution in [2.24, 2.45) is 0 Å². The number of carbonyl (C=O) groups is 2. The van der Waals surface area contributed by atoms with E-state index in [0.717, 1.165) is 19.3 Å². The molecule has 0 saturated heterocycles. The van der Waals surface area contributed by atoms with Crippen LogP contribution in [0.4, 0.5) is 0 Å². The third-order valence-corrected chi connectivity index (χ3v) is 4.70. The molecule has 1 aromatic carbocycles. The third-order valence-electron chi connectivity index (χ3n) is 4.37. The summed E-state index contributed by atoms with van der Waals surface area (Å²) >= 11 is 6.17. The number of nitrogens with zero attached hydrogens (tertiary/aromatic N) is 1. The van der Waals surface area contributed by atoms with Crippen molar-refractivity contribution in [3.05, 3.63) is 46.5 Å². The molecule has 1 amide bonds. The molecule has 1 aliphatic carbocycles. The highest BCUT2D eigenvalue weighted by Gasteiger charge is 2.20. The van der Waals surface area contributed by atoms with Gasteiger partial charge in [-0.2, -0.15) is 0 Å². The number of hydrogen-bond acceptors (Lipinski definition) is 3. The lowest BCUT2D eigenvalue weighted by Gasteiger charge is -2.24. The number of esters is 1. The van der Waals surface area contributed by atoms with Crippen LogP contribution in [0.15, 0.2) is 35.9 Å². The van der Waals surface area contributed by atoms with Gasteiger partial charge in [-0.3, -0.25) is 9.59 Å². The van der Waals surface area contributed by atoms with Crippen LogP contribution < -0.4 is 0 Å². The fourth-order valence-corrected chi connectivity index (χ4v) is 3.21. The van der Waals surface area contributed by atoms with E-state index < -0.39 is 0 Å². The van der Waals surface area contributed by atoms with Crippen LogP contribution in [0.2, 0.25) is 5.02 Å². The van der Waals surface area contributed by atoms with Gasteiger partial charge in [-0.05, 0) is 51.2 Å². The molecule has 0 bridgehead atoms. The van der Waals surface area contributed by atoms with Gasteiger partial charge in [0.1, 0.15) is 0 Å². The Balaban J connectivity index is 2.04.